The average molecular weight is 352 g/mol. The van der Waals surface area contributed by atoms with Crippen molar-refractivity contribution in [2.45, 2.75) is 65.7 Å². The molecular weight excluding hydrogens is 318 g/mol. The predicted octanol–water partition coefficient (Wildman–Crippen LogP) is 5.87. The smallest absolute Gasteiger partial charge is 0.0958 e. The number of ether oxygens (including phenoxy) is 1. The van der Waals surface area contributed by atoms with Crippen molar-refractivity contribution in [3.8, 4) is 6.07 Å². The van der Waals surface area contributed by atoms with E-state index in [1.807, 2.05) is 7.11 Å². The lowest BCUT2D eigenvalue weighted by molar-refractivity contribution is -0.0730. The largest absolute Gasteiger partial charge is 0.501 e. The molecule has 0 bridgehead atoms. The molecule has 0 N–H and O–H groups in total. The van der Waals surface area contributed by atoms with Crippen LogP contribution in [0.15, 0.2) is 23.5 Å². The summed E-state index contributed by atoms with van der Waals surface area (Å²) in [6, 6.07) is 2.89. The summed E-state index contributed by atoms with van der Waals surface area (Å²) in [4.78, 5) is 0. The zero-order valence-corrected chi connectivity index (χ0v) is 16.8. The van der Waals surface area contributed by atoms with Crippen LogP contribution in [0.5, 0.6) is 0 Å². The number of allylic oxidation sites excluding steroid dienone is 4. The summed E-state index contributed by atoms with van der Waals surface area (Å²) in [7, 11) is 1.81. The summed E-state index contributed by atoms with van der Waals surface area (Å²) < 4.78 is 5.57. The van der Waals surface area contributed by atoms with Crippen LogP contribution in [0.3, 0.4) is 0 Å². The number of hydrogen-bond donors (Lipinski definition) is 0. The SMILES string of the molecule is CC[C@]1(C#N)[C@H]2C[C@H]2[C@H]2[C@@H]3CC=C4C=C(OC)CC[C@]4(C)[C@H]3CC[C@@]21C. The van der Waals surface area contributed by atoms with E-state index in [-0.39, 0.29) is 10.8 Å². The summed E-state index contributed by atoms with van der Waals surface area (Å²) in [6.07, 6.45) is 13.4. The maximum absolute atomic E-state index is 10.2. The Morgan fingerprint density at radius 3 is 2.73 bits per heavy atom. The highest BCUT2D eigenvalue weighted by Gasteiger charge is 2.75. The van der Waals surface area contributed by atoms with E-state index in [9.17, 15) is 5.26 Å². The van der Waals surface area contributed by atoms with Crippen LogP contribution in [0.2, 0.25) is 0 Å². The maximum Gasteiger partial charge on any atom is 0.0958 e. The molecule has 0 amide bonds. The average Bonchev–Trinajstić information content (AvgIpc) is 3.38. The van der Waals surface area contributed by atoms with Crippen molar-refractivity contribution in [2.24, 2.45) is 45.8 Å². The zero-order valence-electron chi connectivity index (χ0n) is 16.8. The van der Waals surface area contributed by atoms with Gasteiger partial charge in [0.15, 0.2) is 0 Å². The minimum absolute atomic E-state index is 0.0477. The molecule has 3 saturated carbocycles. The number of rotatable bonds is 2. The van der Waals surface area contributed by atoms with Crippen LogP contribution < -0.4 is 0 Å². The molecule has 0 heterocycles. The number of fused-ring (bicyclic) bond motifs is 7. The Bertz CT molecular complexity index is 744. The molecule has 0 aromatic rings. The number of nitriles is 1. The van der Waals surface area contributed by atoms with Crippen LogP contribution >= 0.6 is 0 Å². The van der Waals surface area contributed by atoms with Crippen molar-refractivity contribution in [3.05, 3.63) is 23.5 Å². The summed E-state index contributed by atoms with van der Waals surface area (Å²) in [5, 5.41) is 10.2. The second-order valence-corrected chi connectivity index (χ2v) is 10.3. The Kier molecular flexibility index (Phi) is 3.37. The molecule has 0 unspecified atom stereocenters. The molecule has 8 atom stereocenters. The van der Waals surface area contributed by atoms with E-state index >= 15 is 0 Å². The van der Waals surface area contributed by atoms with Gasteiger partial charge in [0.1, 0.15) is 0 Å². The third-order valence-electron chi connectivity index (χ3n) is 9.96. The molecule has 2 heteroatoms. The van der Waals surface area contributed by atoms with Gasteiger partial charge in [0, 0.05) is 6.42 Å². The van der Waals surface area contributed by atoms with E-state index < -0.39 is 0 Å². The van der Waals surface area contributed by atoms with Gasteiger partial charge in [0.25, 0.3) is 0 Å². The van der Waals surface area contributed by atoms with Crippen molar-refractivity contribution in [3.63, 3.8) is 0 Å². The lowest BCUT2D eigenvalue weighted by Crippen LogP contribution is -2.53. The minimum atomic E-state index is -0.0477. The molecule has 0 aliphatic heterocycles. The molecule has 2 nitrogen and oxygen atoms in total. The quantitative estimate of drug-likeness (QED) is 0.624. The van der Waals surface area contributed by atoms with Crippen LogP contribution in [-0.2, 0) is 4.74 Å². The van der Waals surface area contributed by atoms with Gasteiger partial charge in [-0.05, 0) is 90.6 Å². The first-order valence-corrected chi connectivity index (χ1v) is 10.8. The van der Waals surface area contributed by atoms with Crippen LogP contribution in [-0.4, -0.2) is 7.11 Å². The van der Waals surface area contributed by atoms with Crippen LogP contribution in [0, 0.1) is 57.2 Å². The molecule has 0 saturated heterocycles. The minimum Gasteiger partial charge on any atom is -0.501 e. The van der Waals surface area contributed by atoms with Gasteiger partial charge >= 0.3 is 0 Å². The van der Waals surface area contributed by atoms with Gasteiger partial charge in [-0.15, -0.1) is 0 Å². The third-order valence-corrected chi connectivity index (χ3v) is 9.96. The number of hydrogen-bond acceptors (Lipinski definition) is 2. The van der Waals surface area contributed by atoms with E-state index in [1.54, 1.807) is 0 Å². The molecule has 0 radical (unpaired) electrons. The second kappa shape index (κ2) is 5.18. The fourth-order valence-corrected chi connectivity index (χ4v) is 8.58. The summed E-state index contributed by atoms with van der Waals surface area (Å²) >= 11 is 0. The van der Waals surface area contributed by atoms with Gasteiger partial charge in [-0.25, -0.2) is 0 Å². The maximum atomic E-state index is 10.2. The fraction of sp³-hybridized carbons (Fsp3) is 0.792. The van der Waals surface area contributed by atoms with Gasteiger partial charge in [-0.2, -0.15) is 5.26 Å². The van der Waals surface area contributed by atoms with Crippen LogP contribution in [0.25, 0.3) is 0 Å². The zero-order chi connectivity index (χ0) is 18.3. The first-order chi connectivity index (χ1) is 12.4. The van der Waals surface area contributed by atoms with Crippen LogP contribution in [0.4, 0.5) is 0 Å². The molecule has 26 heavy (non-hydrogen) atoms. The van der Waals surface area contributed by atoms with Crippen molar-refractivity contribution in [1.82, 2.24) is 0 Å². The molecule has 140 valence electrons. The Morgan fingerprint density at radius 1 is 1.23 bits per heavy atom. The lowest BCUT2D eigenvalue weighted by Gasteiger charge is -2.59. The van der Waals surface area contributed by atoms with E-state index in [0.717, 1.165) is 42.3 Å². The highest BCUT2D eigenvalue weighted by molar-refractivity contribution is 5.37. The Labute approximate surface area is 158 Å². The van der Waals surface area contributed by atoms with Gasteiger partial charge < -0.3 is 4.74 Å². The van der Waals surface area contributed by atoms with Gasteiger partial charge in [-0.1, -0.05) is 26.8 Å². The second-order valence-electron chi connectivity index (χ2n) is 10.3. The normalized spacial score (nSPS) is 53.9. The third kappa shape index (κ3) is 1.74. The first-order valence-electron chi connectivity index (χ1n) is 10.8. The fourth-order valence-electron chi connectivity index (χ4n) is 8.58. The van der Waals surface area contributed by atoms with Gasteiger partial charge in [0.05, 0.1) is 24.4 Å². The van der Waals surface area contributed by atoms with Crippen molar-refractivity contribution in [2.75, 3.05) is 7.11 Å². The van der Waals surface area contributed by atoms with Gasteiger partial charge in [-0.3, -0.25) is 0 Å². The molecule has 5 rings (SSSR count). The number of methoxy groups -OCH3 is 1. The Hall–Kier alpha value is -1.23. The predicted molar refractivity (Wildman–Crippen MR) is 103 cm³/mol. The van der Waals surface area contributed by atoms with Crippen molar-refractivity contribution < 1.29 is 4.74 Å². The Balaban J connectivity index is 1.55. The van der Waals surface area contributed by atoms with E-state index in [0.29, 0.717) is 11.3 Å². The molecule has 3 fully saturated rings. The van der Waals surface area contributed by atoms with E-state index in [1.165, 1.54) is 37.7 Å². The van der Waals surface area contributed by atoms with Gasteiger partial charge in [0.2, 0.25) is 0 Å². The highest BCUT2D eigenvalue weighted by Crippen LogP contribution is 2.80. The summed E-state index contributed by atoms with van der Waals surface area (Å²) in [5.74, 6) is 5.04. The molecule has 5 aliphatic rings. The molecular formula is C24H33NO. The topological polar surface area (TPSA) is 33.0 Å². The highest BCUT2D eigenvalue weighted by atomic mass is 16.5. The van der Waals surface area contributed by atoms with Crippen LogP contribution in [0.1, 0.15) is 65.7 Å². The van der Waals surface area contributed by atoms with E-state index in [4.69, 9.17) is 4.74 Å². The summed E-state index contributed by atoms with van der Waals surface area (Å²) in [5.41, 5.74) is 2.06. The van der Waals surface area contributed by atoms with Crippen molar-refractivity contribution >= 4 is 0 Å². The standard InChI is InChI=1S/C24H33NO/c1-5-24(14-25)20-13-18(20)21-17-7-6-15-12-16(26-4)8-10-22(15,2)19(17)9-11-23(21,24)3/h6,12,17-21H,5,7-11,13H2,1-4H3/t17-,18-,19+,20+,21-,22+,23+,24+/m1/s1. The lowest BCUT2D eigenvalue weighted by atomic mass is 9.44. The molecule has 5 aliphatic carbocycles. The molecule has 0 spiro atoms. The summed E-state index contributed by atoms with van der Waals surface area (Å²) in [6.45, 7) is 7.30. The molecule has 0 aromatic carbocycles. The monoisotopic (exact) mass is 351 g/mol. The first kappa shape index (κ1) is 16.9. The Morgan fingerprint density at radius 2 is 2.04 bits per heavy atom. The van der Waals surface area contributed by atoms with Crippen molar-refractivity contribution in [1.29, 1.82) is 5.26 Å². The molecule has 0 aromatic heterocycles. The van der Waals surface area contributed by atoms with E-state index in [2.05, 4.69) is 39.0 Å². The number of nitrogens with zero attached hydrogens (tertiary/aromatic N) is 1.